The van der Waals surface area contributed by atoms with Crippen LogP contribution in [0.5, 0.6) is 0 Å². The Kier molecular flexibility index (Phi) is 1.75. The summed E-state index contributed by atoms with van der Waals surface area (Å²) in [6.45, 7) is 0.611. The van der Waals surface area contributed by atoms with Crippen molar-refractivity contribution in [1.82, 2.24) is 14.4 Å². The van der Waals surface area contributed by atoms with Crippen LogP contribution in [-0.2, 0) is 6.42 Å². The monoisotopic (exact) mass is 162 g/mol. The van der Waals surface area contributed by atoms with Gasteiger partial charge in [0.2, 0.25) is 0 Å². The Balaban J connectivity index is 2.57. The zero-order valence-corrected chi connectivity index (χ0v) is 6.64. The number of hydrogen-bond donors (Lipinski definition) is 1. The first kappa shape index (κ1) is 7.24. The lowest BCUT2D eigenvalue weighted by Crippen LogP contribution is -2.06. The fourth-order valence-corrected chi connectivity index (χ4v) is 1.22. The average molecular weight is 162 g/mol. The Hall–Kier alpha value is -1.42. The van der Waals surface area contributed by atoms with Gasteiger partial charge in [0.25, 0.3) is 0 Å². The van der Waals surface area contributed by atoms with Gasteiger partial charge >= 0.3 is 0 Å². The molecule has 2 aromatic heterocycles. The summed E-state index contributed by atoms with van der Waals surface area (Å²) in [4.78, 5) is 8.39. The number of imidazole rings is 1. The molecule has 0 aromatic carbocycles. The van der Waals surface area contributed by atoms with Crippen molar-refractivity contribution in [2.24, 2.45) is 5.73 Å². The summed E-state index contributed by atoms with van der Waals surface area (Å²) < 4.78 is 1.94. The molecule has 4 nitrogen and oxygen atoms in total. The summed E-state index contributed by atoms with van der Waals surface area (Å²) in [7, 11) is 0. The second kappa shape index (κ2) is 2.91. The standard InChI is InChI=1S/C8H10N4/c9-2-1-7-8-11-4-6-12(8)5-3-10-7/h3-6H,1-2,9H2. The van der Waals surface area contributed by atoms with E-state index in [2.05, 4.69) is 9.97 Å². The van der Waals surface area contributed by atoms with Gasteiger partial charge in [-0.2, -0.15) is 0 Å². The predicted octanol–water partition coefficient (Wildman–Crippen LogP) is 0.230. The minimum absolute atomic E-state index is 0.611. The molecular formula is C8H10N4. The topological polar surface area (TPSA) is 56.2 Å². The van der Waals surface area contributed by atoms with E-state index in [1.165, 1.54) is 0 Å². The Labute approximate surface area is 70.1 Å². The third kappa shape index (κ3) is 1.06. The van der Waals surface area contributed by atoms with Crippen molar-refractivity contribution in [1.29, 1.82) is 0 Å². The van der Waals surface area contributed by atoms with Gasteiger partial charge in [0.05, 0.1) is 5.69 Å². The van der Waals surface area contributed by atoms with Gasteiger partial charge in [0, 0.05) is 31.2 Å². The molecule has 0 amide bonds. The molecule has 4 heteroatoms. The molecule has 0 saturated heterocycles. The van der Waals surface area contributed by atoms with Crippen LogP contribution in [-0.4, -0.2) is 20.9 Å². The maximum absolute atomic E-state index is 5.44. The van der Waals surface area contributed by atoms with Gasteiger partial charge in [-0.05, 0) is 6.54 Å². The number of hydrogen-bond acceptors (Lipinski definition) is 3. The zero-order chi connectivity index (χ0) is 8.39. The molecule has 0 aliphatic rings. The van der Waals surface area contributed by atoms with Crippen LogP contribution in [0.2, 0.25) is 0 Å². The molecule has 2 N–H and O–H groups in total. The summed E-state index contributed by atoms with van der Waals surface area (Å²) >= 11 is 0. The van der Waals surface area contributed by atoms with Crippen molar-refractivity contribution < 1.29 is 0 Å². The summed E-state index contributed by atoms with van der Waals surface area (Å²) in [5.74, 6) is 0. The average Bonchev–Trinajstić information content (AvgIpc) is 2.53. The Morgan fingerprint density at radius 3 is 2.75 bits per heavy atom. The fourth-order valence-electron chi connectivity index (χ4n) is 1.22. The molecule has 0 unspecified atom stereocenters. The van der Waals surface area contributed by atoms with Gasteiger partial charge in [-0.15, -0.1) is 0 Å². The van der Waals surface area contributed by atoms with Crippen LogP contribution < -0.4 is 5.73 Å². The fraction of sp³-hybridized carbons (Fsp3) is 0.250. The normalized spacial score (nSPS) is 10.8. The van der Waals surface area contributed by atoms with E-state index in [4.69, 9.17) is 5.73 Å². The Morgan fingerprint density at radius 2 is 2.00 bits per heavy atom. The van der Waals surface area contributed by atoms with Gasteiger partial charge in [0.1, 0.15) is 0 Å². The molecule has 2 rings (SSSR count). The third-order valence-electron chi connectivity index (χ3n) is 1.77. The number of rotatable bonds is 2. The minimum Gasteiger partial charge on any atom is -0.330 e. The van der Waals surface area contributed by atoms with Crippen LogP contribution >= 0.6 is 0 Å². The van der Waals surface area contributed by atoms with Gasteiger partial charge in [-0.25, -0.2) is 4.98 Å². The van der Waals surface area contributed by atoms with Crippen molar-refractivity contribution >= 4 is 5.65 Å². The first-order chi connectivity index (χ1) is 5.92. The van der Waals surface area contributed by atoms with Crippen molar-refractivity contribution in [3.05, 3.63) is 30.5 Å². The summed E-state index contributed by atoms with van der Waals surface area (Å²) in [5.41, 5.74) is 7.31. The molecule has 0 saturated carbocycles. The molecule has 0 atom stereocenters. The summed E-state index contributed by atoms with van der Waals surface area (Å²) in [6, 6.07) is 0. The molecule has 0 radical (unpaired) electrons. The maximum Gasteiger partial charge on any atom is 0.158 e. The lowest BCUT2D eigenvalue weighted by atomic mass is 10.3. The van der Waals surface area contributed by atoms with Crippen LogP contribution in [0.15, 0.2) is 24.8 Å². The van der Waals surface area contributed by atoms with Gasteiger partial charge < -0.3 is 10.1 Å². The molecule has 0 aliphatic carbocycles. The highest BCUT2D eigenvalue weighted by atomic mass is 15.0. The molecule has 12 heavy (non-hydrogen) atoms. The van der Waals surface area contributed by atoms with E-state index in [0.29, 0.717) is 6.54 Å². The van der Waals surface area contributed by atoms with Crippen molar-refractivity contribution in [3.8, 4) is 0 Å². The van der Waals surface area contributed by atoms with Gasteiger partial charge in [0.15, 0.2) is 5.65 Å². The van der Waals surface area contributed by atoms with E-state index in [-0.39, 0.29) is 0 Å². The summed E-state index contributed by atoms with van der Waals surface area (Å²) in [5, 5.41) is 0. The molecule has 62 valence electrons. The van der Waals surface area contributed by atoms with E-state index in [9.17, 15) is 0 Å². The molecule has 2 aromatic rings. The number of fused-ring (bicyclic) bond motifs is 1. The molecule has 0 bridgehead atoms. The number of aromatic nitrogens is 3. The second-order valence-corrected chi connectivity index (χ2v) is 2.57. The lowest BCUT2D eigenvalue weighted by molar-refractivity contribution is 0.910. The van der Waals surface area contributed by atoms with Gasteiger partial charge in [-0.3, -0.25) is 4.98 Å². The van der Waals surface area contributed by atoms with Crippen molar-refractivity contribution in [2.75, 3.05) is 6.54 Å². The van der Waals surface area contributed by atoms with Crippen LogP contribution in [0, 0.1) is 0 Å². The number of nitrogens with zero attached hydrogens (tertiary/aromatic N) is 3. The second-order valence-electron chi connectivity index (χ2n) is 2.57. The highest BCUT2D eigenvalue weighted by molar-refractivity contribution is 5.43. The van der Waals surface area contributed by atoms with E-state index in [1.807, 2.05) is 16.8 Å². The largest absolute Gasteiger partial charge is 0.330 e. The van der Waals surface area contributed by atoms with E-state index in [1.54, 1.807) is 12.4 Å². The van der Waals surface area contributed by atoms with E-state index >= 15 is 0 Å². The maximum atomic E-state index is 5.44. The van der Waals surface area contributed by atoms with Crippen LogP contribution in [0.25, 0.3) is 5.65 Å². The first-order valence-electron chi connectivity index (χ1n) is 3.88. The molecule has 0 fully saturated rings. The Bertz CT molecular complexity index is 379. The number of nitrogens with two attached hydrogens (primary N) is 1. The van der Waals surface area contributed by atoms with Crippen molar-refractivity contribution in [3.63, 3.8) is 0 Å². The lowest BCUT2D eigenvalue weighted by Gasteiger charge is -1.98. The highest BCUT2D eigenvalue weighted by Gasteiger charge is 2.00. The molecule has 0 aliphatic heterocycles. The van der Waals surface area contributed by atoms with Crippen LogP contribution in [0.4, 0.5) is 0 Å². The van der Waals surface area contributed by atoms with E-state index in [0.717, 1.165) is 17.8 Å². The van der Waals surface area contributed by atoms with Crippen LogP contribution in [0.1, 0.15) is 5.69 Å². The Morgan fingerprint density at radius 1 is 1.25 bits per heavy atom. The quantitative estimate of drug-likeness (QED) is 0.687. The molecule has 2 heterocycles. The smallest absolute Gasteiger partial charge is 0.158 e. The molecule has 0 spiro atoms. The minimum atomic E-state index is 0.611. The molecular weight excluding hydrogens is 152 g/mol. The first-order valence-corrected chi connectivity index (χ1v) is 3.88. The van der Waals surface area contributed by atoms with Crippen molar-refractivity contribution in [2.45, 2.75) is 6.42 Å². The zero-order valence-electron chi connectivity index (χ0n) is 6.64. The summed E-state index contributed by atoms with van der Waals surface area (Å²) in [6.07, 6.45) is 8.08. The highest BCUT2D eigenvalue weighted by Crippen LogP contribution is 2.04. The van der Waals surface area contributed by atoms with Gasteiger partial charge in [-0.1, -0.05) is 0 Å². The SMILES string of the molecule is NCCc1nccn2ccnc12. The third-order valence-corrected chi connectivity index (χ3v) is 1.77. The predicted molar refractivity (Wildman–Crippen MR) is 45.7 cm³/mol. The van der Waals surface area contributed by atoms with Crippen LogP contribution in [0.3, 0.4) is 0 Å². The van der Waals surface area contributed by atoms with E-state index < -0.39 is 0 Å².